The summed E-state index contributed by atoms with van der Waals surface area (Å²) < 4.78 is 5.50. The molecule has 0 rings (SSSR count). The molecule has 0 aliphatic rings. The average molecular weight is 200 g/mol. The fourth-order valence-corrected chi connectivity index (χ4v) is 1.21. The third kappa shape index (κ3) is 8.05. The van der Waals surface area contributed by atoms with Crippen LogP contribution in [0.25, 0.3) is 0 Å². The molecule has 1 unspecified atom stereocenters. The Morgan fingerprint density at radius 3 is 2.50 bits per heavy atom. The van der Waals surface area contributed by atoms with Crippen molar-refractivity contribution in [1.82, 2.24) is 5.32 Å². The van der Waals surface area contributed by atoms with Gasteiger partial charge in [-0.05, 0) is 19.3 Å². The summed E-state index contributed by atoms with van der Waals surface area (Å²) in [6.07, 6.45) is 8.10. The zero-order valence-electron chi connectivity index (χ0n) is 9.34. The van der Waals surface area contributed by atoms with Gasteiger partial charge < -0.3 is 10.1 Å². The van der Waals surface area contributed by atoms with Gasteiger partial charge in [0.05, 0.1) is 0 Å². The number of hydrogen-bond acceptors (Lipinski definition) is 2. The van der Waals surface area contributed by atoms with E-state index in [0.717, 1.165) is 32.3 Å². The minimum atomic E-state index is -0.134. The number of nitrogens with one attached hydrogen (secondary N) is 1. The second-order valence-electron chi connectivity index (χ2n) is 3.46. The molecule has 0 saturated carbocycles. The maximum Gasteiger partial charge on any atom is 0.311 e. The summed E-state index contributed by atoms with van der Waals surface area (Å²) in [5.41, 5.74) is 0. The second kappa shape index (κ2) is 10.5. The lowest BCUT2D eigenvalue weighted by atomic mass is 10.2. The Hall–Kier alpha value is -0.570. The van der Waals surface area contributed by atoms with Gasteiger partial charge in [-0.3, -0.25) is 4.79 Å². The van der Waals surface area contributed by atoms with Gasteiger partial charge in [0.1, 0.15) is 6.23 Å². The van der Waals surface area contributed by atoms with E-state index in [1.54, 1.807) is 6.41 Å². The Bertz CT molecular complexity index is 118. The van der Waals surface area contributed by atoms with Crippen LogP contribution in [0.5, 0.6) is 0 Å². The highest BCUT2D eigenvalue weighted by Gasteiger charge is 2.06. The highest BCUT2D eigenvalue weighted by molar-refractivity contribution is 5.47. The molecule has 0 spiro atoms. The van der Waals surface area contributed by atoms with E-state index >= 15 is 0 Å². The maximum atomic E-state index is 10.2. The van der Waals surface area contributed by atoms with Crippen LogP contribution >= 0.6 is 0 Å². The molecule has 1 N–H and O–H groups in total. The fraction of sp³-hybridized carbons (Fsp3) is 0.909. The molecule has 0 saturated heterocycles. The lowest BCUT2D eigenvalue weighted by Crippen LogP contribution is -2.30. The molecule has 83 valence electrons. The molecule has 3 heteroatoms. The molecule has 0 fully saturated rings. The predicted octanol–water partition coefficient (Wildman–Crippen LogP) is 2.37. The smallest absolute Gasteiger partial charge is 0.311 e. The molecule has 0 bridgehead atoms. The molecular weight excluding hydrogens is 178 g/mol. The van der Waals surface area contributed by atoms with Gasteiger partial charge in [0.25, 0.3) is 0 Å². The molecule has 14 heavy (non-hydrogen) atoms. The molecule has 0 aromatic rings. The molecule has 0 aliphatic heterocycles. The minimum Gasteiger partial charge on any atom is -0.359 e. The van der Waals surface area contributed by atoms with Crippen LogP contribution in [0.4, 0.5) is 0 Å². The van der Waals surface area contributed by atoms with Gasteiger partial charge in [0.15, 0.2) is 0 Å². The molecule has 3 nitrogen and oxygen atoms in total. The average Bonchev–Trinajstić information content (AvgIpc) is 2.18. The molecular formula is C11H22NO2. The van der Waals surface area contributed by atoms with E-state index in [1.165, 1.54) is 12.8 Å². The van der Waals surface area contributed by atoms with Crippen molar-refractivity contribution >= 4 is 6.41 Å². The third-order valence-electron chi connectivity index (χ3n) is 2.11. The normalized spacial score (nSPS) is 12.4. The van der Waals surface area contributed by atoms with Crippen LogP contribution in [-0.4, -0.2) is 19.2 Å². The maximum absolute atomic E-state index is 10.2. The van der Waals surface area contributed by atoms with Crippen LogP contribution in [0.1, 0.15) is 52.4 Å². The topological polar surface area (TPSA) is 38.3 Å². The van der Waals surface area contributed by atoms with E-state index in [2.05, 4.69) is 19.2 Å². The van der Waals surface area contributed by atoms with Gasteiger partial charge >= 0.3 is 6.41 Å². The van der Waals surface area contributed by atoms with Crippen molar-refractivity contribution < 1.29 is 9.53 Å². The van der Waals surface area contributed by atoms with Crippen LogP contribution in [0.3, 0.4) is 0 Å². The van der Waals surface area contributed by atoms with Gasteiger partial charge in [-0.2, -0.15) is 0 Å². The van der Waals surface area contributed by atoms with E-state index < -0.39 is 0 Å². The first-order valence-electron chi connectivity index (χ1n) is 5.59. The standard InChI is InChI=1S/C11H22NO2/c1-3-5-7-8-11(12-10-13)14-9-6-4-2/h11H,3-9H2,1-2H3,(H,12,13). The molecule has 0 aromatic carbocycles. The summed E-state index contributed by atoms with van der Waals surface area (Å²) in [6.45, 7) is 5.00. The quantitative estimate of drug-likeness (QED) is 0.334. The zero-order chi connectivity index (χ0) is 10.6. The molecule has 1 radical (unpaired) electrons. The summed E-state index contributed by atoms with van der Waals surface area (Å²) >= 11 is 0. The van der Waals surface area contributed by atoms with E-state index in [1.807, 2.05) is 0 Å². The summed E-state index contributed by atoms with van der Waals surface area (Å²) in [7, 11) is 0. The van der Waals surface area contributed by atoms with Crippen molar-refractivity contribution in [3.05, 3.63) is 0 Å². The van der Waals surface area contributed by atoms with Crippen molar-refractivity contribution in [3.63, 3.8) is 0 Å². The number of amides is 1. The van der Waals surface area contributed by atoms with Crippen molar-refractivity contribution in [2.75, 3.05) is 6.61 Å². The molecule has 0 aromatic heterocycles. The Labute approximate surface area is 87.2 Å². The third-order valence-corrected chi connectivity index (χ3v) is 2.11. The zero-order valence-corrected chi connectivity index (χ0v) is 9.34. The molecule has 1 amide bonds. The number of ether oxygens (including phenoxy) is 1. The van der Waals surface area contributed by atoms with Crippen molar-refractivity contribution in [3.8, 4) is 0 Å². The summed E-state index contributed by atoms with van der Waals surface area (Å²) in [6, 6.07) is 0. The monoisotopic (exact) mass is 200 g/mol. The van der Waals surface area contributed by atoms with Gasteiger partial charge in [0.2, 0.25) is 0 Å². The van der Waals surface area contributed by atoms with Gasteiger partial charge in [-0.1, -0.05) is 33.1 Å². The van der Waals surface area contributed by atoms with Crippen LogP contribution in [-0.2, 0) is 9.53 Å². The van der Waals surface area contributed by atoms with Crippen molar-refractivity contribution in [1.29, 1.82) is 0 Å². The summed E-state index contributed by atoms with van der Waals surface area (Å²) in [4.78, 5) is 10.2. The van der Waals surface area contributed by atoms with Crippen molar-refractivity contribution in [2.24, 2.45) is 0 Å². The summed E-state index contributed by atoms with van der Waals surface area (Å²) in [5, 5.41) is 2.57. The lowest BCUT2D eigenvalue weighted by Gasteiger charge is -2.15. The Balaban J connectivity index is 3.49. The highest BCUT2D eigenvalue weighted by atomic mass is 16.5. The van der Waals surface area contributed by atoms with Crippen molar-refractivity contribution in [2.45, 2.75) is 58.6 Å². The first-order valence-corrected chi connectivity index (χ1v) is 5.59. The van der Waals surface area contributed by atoms with Gasteiger partial charge in [0, 0.05) is 6.61 Å². The number of hydrogen-bond donors (Lipinski definition) is 1. The SMILES string of the molecule is CCCCCC(N[C]=O)OCCCC. The highest BCUT2D eigenvalue weighted by Crippen LogP contribution is 2.05. The van der Waals surface area contributed by atoms with Crippen LogP contribution < -0.4 is 5.32 Å². The molecule has 0 heterocycles. The minimum absolute atomic E-state index is 0.134. The largest absolute Gasteiger partial charge is 0.359 e. The predicted molar refractivity (Wildman–Crippen MR) is 57.6 cm³/mol. The molecule has 1 atom stereocenters. The van der Waals surface area contributed by atoms with E-state index in [-0.39, 0.29) is 6.23 Å². The van der Waals surface area contributed by atoms with E-state index in [0.29, 0.717) is 0 Å². The number of rotatable bonds is 10. The first kappa shape index (κ1) is 13.4. The Morgan fingerprint density at radius 1 is 1.21 bits per heavy atom. The fourth-order valence-electron chi connectivity index (χ4n) is 1.21. The summed E-state index contributed by atoms with van der Waals surface area (Å²) in [5.74, 6) is 0. The van der Waals surface area contributed by atoms with E-state index in [4.69, 9.17) is 4.74 Å². The Morgan fingerprint density at radius 2 is 1.93 bits per heavy atom. The second-order valence-corrected chi connectivity index (χ2v) is 3.46. The van der Waals surface area contributed by atoms with Gasteiger partial charge in [-0.25, -0.2) is 0 Å². The Kier molecular flexibility index (Phi) is 10.1. The van der Waals surface area contributed by atoms with Crippen LogP contribution in [0.15, 0.2) is 0 Å². The van der Waals surface area contributed by atoms with Gasteiger partial charge in [-0.15, -0.1) is 0 Å². The first-order chi connectivity index (χ1) is 6.85. The number of carbonyl (C=O) groups excluding carboxylic acids is 1. The van der Waals surface area contributed by atoms with E-state index in [9.17, 15) is 4.79 Å². The van der Waals surface area contributed by atoms with Crippen LogP contribution in [0, 0.1) is 0 Å². The lowest BCUT2D eigenvalue weighted by molar-refractivity contribution is 0.0336. The molecule has 0 aliphatic carbocycles. The van der Waals surface area contributed by atoms with Crippen LogP contribution in [0.2, 0.25) is 0 Å². The number of unbranched alkanes of at least 4 members (excludes halogenated alkanes) is 3.